The zero-order valence-corrected chi connectivity index (χ0v) is 18.1. The Morgan fingerprint density at radius 2 is 1.76 bits per heavy atom. The molecule has 1 heteroatoms. The molecule has 1 nitrogen and oxygen atoms in total. The summed E-state index contributed by atoms with van der Waals surface area (Å²) in [5.74, 6) is 5.13. The van der Waals surface area contributed by atoms with E-state index in [0.717, 1.165) is 23.7 Å². The normalized spacial score (nSPS) is 40.7. The SMILES string of the molecule is CC(C)C1NC=C(C2=CC=CC3C=CC=CC23)CC1C1CCCC2C=CCCC21. The molecule has 0 amide bonds. The first kappa shape index (κ1) is 19.2. The van der Waals surface area contributed by atoms with Gasteiger partial charge in [-0.3, -0.25) is 0 Å². The summed E-state index contributed by atoms with van der Waals surface area (Å²) in [6.07, 6.45) is 31.9. The molecule has 0 aromatic carbocycles. The zero-order valence-electron chi connectivity index (χ0n) is 18.1. The Bertz CT molecular complexity index is 789. The van der Waals surface area contributed by atoms with Crippen LogP contribution in [0.25, 0.3) is 0 Å². The molecular weight excluding hydrogens is 350 g/mol. The molecule has 29 heavy (non-hydrogen) atoms. The van der Waals surface area contributed by atoms with Crippen molar-refractivity contribution in [1.29, 1.82) is 0 Å². The van der Waals surface area contributed by atoms with Gasteiger partial charge < -0.3 is 5.32 Å². The minimum atomic E-state index is 0.519. The fourth-order valence-corrected chi connectivity index (χ4v) is 7.00. The van der Waals surface area contributed by atoms with E-state index >= 15 is 0 Å². The Balaban J connectivity index is 1.43. The van der Waals surface area contributed by atoms with Crippen molar-refractivity contribution < 1.29 is 0 Å². The molecule has 7 atom stereocenters. The standard InChI is InChI=1S/C28H37N/c1-19(2)28-27(26-16-8-12-21-10-4-6-14-24(21)26)17-22(18-29-28)25-15-7-11-20-9-3-5-13-23(20)25/h3-5,7,9-11,13,15,18-21,23-24,26-29H,6,8,12,14,16-17H2,1-2H3. The maximum atomic E-state index is 3.92. The molecule has 0 saturated heterocycles. The van der Waals surface area contributed by atoms with Gasteiger partial charge in [0, 0.05) is 24.1 Å². The van der Waals surface area contributed by atoms with Crippen molar-refractivity contribution >= 4 is 0 Å². The van der Waals surface area contributed by atoms with Gasteiger partial charge in [-0.15, -0.1) is 0 Å². The van der Waals surface area contributed by atoms with Crippen LogP contribution < -0.4 is 5.32 Å². The highest BCUT2D eigenvalue weighted by Crippen LogP contribution is 2.49. The molecule has 1 aliphatic heterocycles. The van der Waals surface area contributed by atoms with Crippen molar-refractivity contribution in [2.75, 3.05) is 0 Å². The fourth-order valence-electron chi connectivity index (χ4n) is 7.00. The van der Waals surface area contributed by atoms with Gasteiger partial charge in [0.2, 0.25) is 0 Å². The average molecular weight is 388 g/mol. The van der Waals surface area contributed by atoms with Crippen molar-refractivity contribution in [1.82, 2.24) is 5.32 Å². The molecule has 1 saturated carbocycles. The Labute approximate surface area is 177 Å². The number of allylic oxidation sites excluding steroid dienone is 11. The Hall–Kier alpha value is -1.76. The first-order chi connectivity index (χ1) is 14.2. The second-order valence-corrected chi connectivity index (χ2v) is 10.3. The molecule has 1 heterocycles. The van der Waals surface area contributed by atoms with Crippen LogP contribution in [0.2, 0.25) is 0 Å². The van der Waals surface area contributed by atoms with Gasteiger partial charge in [0.1, 0.15) is 0 Å². The molecule has 5 aliphatic rings. The summed E-state index contributed by atoms with van der Waals surface area (Å²) in [6.45, 7) is 4.83. The third-order valence-electron chi connectivity index (χ3n) is 8.38. The number of nitrogens with one attached hydrogen (secondary N) is 1. The number of rotatable bonds is 3. The van der Waals surface area contributed by atoms with Crippen LogP contribution in [0.15, 0.2) is 72.0 Å². The highest BCUT2D eigenvalue weighted by Gasteiger charge is 2.43. The van der Waals surface area contributed by atoms with Crippen LogP contribution in [0.1, 0.15) is 52.4 Å². The van der Waals surface area contributed by atoms with Gasteiger partial charge in [-0.2, -0.15) is 0 Å². The van der Waals surface area contributed by atoms with E-state index in [-0.39, 0.29) is 0 Å². The lowest BCUT2D eigenvalue weighted by Gasteiger charge is -2.48. The van der Waals surface area contributed by atoms with Gasteiger partial charge in [-0.25, -0.2) is 0 Å². The van der Waals surface area contributed by atoms with Crippen LogP contribution in [0.5, 0.6) is 0 Å². The molecule has 0 bridgehead atoms. The summed E-state index contributed by atoms with van der Waals surface area (Å²) >= 11 is 0. The topological polar surface area (TPSA) is 12.0 Å². The Morgan fingerprint density at radius 3 is 2.66 bits per heavy atom. The van der Waals surface area contributed by atoms with E-state index in [4.69, 9.17) is 0 Å². The van der Waals surface area contributed by atoms with E-state index in [1.54, 1.807) is 11.1 Å². The lowest BCUT2D eigenvalue weighted by atomic mass is 9.59. The van der Waals surface area contributed by atoms with E-state index in [1.165, 1.54) is 38.5 Å². The summed E-state index contributed by atoms with van der Waals surface area (Å²) in [4.78, 5) is 0. The van der Waals surface area contributed by atoms with Crippen LogP contribution in [0.4, 0.5) is 0 Å². The van der Waals surface area contributed by atoms with E-state index in [0.29, 0.717) is 23.8 Å². The van der Waals surface area contributed by atoms with Gasteiger partial charge in [-0.05, 0) is 72.8 Å². The third-order valence-corrected chi connectivity index (χ3v) is 8.38. The van der Waals surface area contributed by atoms with Crippen LogP contribution in [-0.4, -0.2) is 6.04 Å². The summed E-state index contributed by atoms with van der Waals surface area (Å²) in [6, 6.07) is 0.616. The van der Waals surface area contributed by atoms with Crippen molar-refractivity contribution in [2.24, 2.45) is 41.4 Å². The van der Waals surface area contributed by atoms with Crippen LogP contribution >= 0.6 is 0 Å². The lowest BCUT2D eigenvalue weighted by Crippen LogP contribution is -2.48. The van der Waals surface area contributed by atoms with E-state index in [1.807, 2.05) is 0 Å². The van der Waals surface area contributed by atoms with Crippen molar-refractivity contribution in [2.45, 2.75) is 58.4 Å². The highest BCUT2D eigenvalue weighted by atomic mass is 14.9. The number of hydrogen-bond acceptors (Lipinski definition) is 1. The minimum Gasteiger partial charge on any atom is -0.387 e. The maximum Gasteiger partial charge on any atom is 0.0312 e. The van der Waals surface area contributed by atoms with Gasteiger partial charge in [0.15, 0.2) is 0 Å². The van der Waals surface area contributed by atoms with Crippen molar-refractivity contribution in [3.8, 4) is 0 Å². The van der Waals surface area contributed by atoms with Gasteiger partial charge in [-0.1, -0.05) is 75.0 Å². The average Bonchev–Trinajstić information content (AvgIpc) is 2.78. The molecule has 0 radical (unpaired) electrons. The smallest absolute Gasteiger partial charge is 0.0312 e. The predicted octanol–water partition coefficient (Wildman–Crippen LogP) is 6.74. The molecule has 154 valence electrons. The largest absolute Gasteiger partial charge is 0.387 e. The van der Waals surface area contributed by atoms with Gasteiger partial charge in [0.05, 0.1) is 0 Å². The third kappa shape index (κ3) is 3.62. The van der Waals surface area contributed by atoms with Gasteiger partial charge >= 0.3 is 0 Å². The lowest BCUT2D eigenvalue weighted by molar-refractivity contribution is 0.0758. The highest BCUT2D eigenvalue weighted by molar-refractivity contribution is 5.45. The summed E-state index contributed by atoms with van der Waals surface area (Å²) in [5.41, 5.74) is 3.12. The number of fused-ring (bicyclic) bond motifs is 2. The minimum absolute atomic E-state index is 0.519. The van der Waals surface area contributed by atoms with Crippen molar-refractivity contribution in [3.63, 3.8) is 0 Å². The summed E-state index contributed by atoms with van der Waals surface area (Å²) < 4.78 is 0. The summed E-state index contributed by atoms with van der Waals surface area (Å²) in [7, 11) is 0. The van der Waals surface area contributed by atoms with E-state index < -0.39 is 0 Å². The predicted molar refractivity (Wildman–Crippen MR) is 123 cm³/mol. The molecule has 1 fully saturated rings. The fraction of sp³-hybridized carbons (Fsp3) is 0.571. The molecular formula is C28H37N. The monoisotopic (exact) mass is 387 g/mol. The zero-order chi connectivity index (χ0) is 19.8. The second kappa shape index (κ2) is 8.17. The molecule has 1 N–H and O–H groups in total. The van der Waals surface area contributed by atoms with E-state index in [2.05, 4.69) is 80.0 Å². The van der Waals surface area contributed by atoms with E-state index in [9.17, 15) is 0 Å². The first-order valence-electron chi connectivity index (χ1n) is 12.1. The van der Waals surface area contributed by atoms with Crippen molar-refractivity contribution in [3.05, 3.63) is 72.0 Å². The quantitative estimate of drug-likeness (QED) is 0.529. The number of hydrogen-bond donors (Lipinski definition) is 1. The molecule has 0 spiro atoms. The second-order valence-electron chi connectivity index (χ2n) is 10.3. The van der Waals surface area contributed by atoms with Gasteiger partial charge in [0.25, 0.3) is 0 Å². The molecule has 0 aromatic rings. The van der Waals surface area contributed by atoms with Crippen LogP contribution in [0.3, 0.4) is 0 Å². The molecule has 4 aliphatic carbocycles. The molecule has 0 aromatic heterocycles. The molecule has 5 rings (SSSR count). The maximum absolute atomic E-state index is 3.92. The molecule has 7 unspecified atom stereocenters. The Morgan fingerprint density at radius 1 is 0.897 bits per heavy atom. The summed E-state index contributed by atoms with van der Waals surface area (Å²) in [5, 5.41) is 3.92. The first-order valence-corrected chi connectivity index (χ1v) is 12.1. The Kier molecular flexibility index (Phi) is 5.41. The van der Waals surface area contributed by atoms with Crippen LogP contribution in [-0.2, 0) is 0 Å². The van der Waals surface area contributed by atoms with Crippen LogP contribution in [0, 0.1) is 41.4 Å².